The molecule has 10 heteroatoms. The van der Waals surface area contributed by atoms with E-state index in [0.29, 0.717) is 6.42 Å². The lowest BCUT2D eigenvalue weighted by atomic mass is 10.1. The second-order valence-electron chi connectivity index (χ2n) is 6.34. The van der Waals surface area contributed by atoms with E-state index < -0.39 is 39.8 Å². The van der Waals surface area contributed by atoms with Gasteiger partial charge in [0.25, 0.3) is 11.4 Å². The Hall–Kier alpha value is -3.82. The summed E-state index contributed by atoms with van der Waals surface area (Å²) in [7, 11) is 0. The van der Waals surface area contributed by atoms with Gasteiger partial charge in [-0.3, -0.25) is 20.2 Å². The number of hydrogen-bond donors (Lipinski definition) is 0. The van der Waals surface area contributed by atoms with Crippen molar-refractivity contribution in [2.75, 3.05) is 6.61 Å². The van der Waals surface area contributed by atoms with Crippen LogP contribution in [0, 0.1) is 20.2 Å². The second kappa shape index (κ2) is 10.6. The summed E-state index contributed by atoms with van der Waals surface area (Å²) in [5, 5.41) is 21.9. The van der Waals surface area contributed by atoms with Gasteiger partial charge in [0, 0.05) is 17.7 Å². The largest absolute Gasteiger partial charge is 0.462 e. The van der Waals surface area contributed by atoms with Crippen LogP contribution in [0.3, 0.4) is 0 Å². The molecule has 2 rings (SSSR count). The van der Waals surface area contributed by atoms with Crippen LogP contribution in [0.5, 0.6) is 0 Å². The van der Waals surface area contributed by atoms with Gasteiger partial charge < -0.3 is 9.47 Å². The fourth-order valence-corrected chi connectivity index (χ4v) is 2.61. The molecule has 0 bridgehead atoms. The molecule has 10 nitrogen and oxygen atoms in total. The Balaban J connectivity index is 2.13. The summed E-state index contributed by atoms with van der Waals surface area (Å²) in [6.07, 6.45) is 2.59. The summed E-state index contributed by atoms with van der Waals surface area (Å²) in [6, 6.07) is 8.90. The first-order valence-corrected chi connectivity index (χ1v) is 9.19. The van der Waals surface area contributed by atoms with Crippen LogP contribution in [0.15, 0.2) is 42.5 Å². The van der Waals surface area contributed by atoms with Gasteiger partial charge in [0.1, 0.15) is 6.61 Å². The van der Waals surface area contributed by atoms with E-state index in [9.17, 15) is 29.8 Å². The van der Waals surface area contributed by atoms with E-state index in [1.807, 2.05) is 6.92 Å². The fraction of sp³-hybridized carbons (Fsp3) is 0.300. The van der Waals surface area contributed by atoms with Crippen molar-refractivity contribution in [3.8, 4) is 0 Å². The Morgan fingerprint density at radius 2 is 1.40 bits per heavy atom. The standard InChI is InChI=1S/C20H20N2O8/c1-2-3-6-9-29-19(23)17-7-4-5-8-18(17)20(24)30-13-14-10-15(21(25)26)12-16(11-14)22(27)28/h4-5,7-8,10-12H,2-3,6,9,13H2,1H3. The van der Waals surface area contributed by atoms with Crippen LogP contribution in [0.1, 0.15) is 52.5 Å². The first kappa shape index (κ1) is 22.5. The molecule has 2 aromatic carbocycles. The van der Waals surface area contributed by atoms with E-state index in [0.717, 1.165) is 31.0 Å². The summed E-state index contributed by atoms with van der Waals surface area (Å²) in [5.74, 6) is -1.52. The number of hydrogen-bond acceptors (Lipinski definition) is 8. The maximum atomic E-state index is 12.5. The number of non-ortho nitro benzene ring substituents is 2. The van der Waals surface area contributed by atoms with Crippen LogP contribution in [-0.4, -0.2) is 28.4 Å². The minimum Gasteiger partial charge on any atom is -0.462 e. The fourth-order valence-electron chi connectivity index (χ4n) is 2.61. The van der Waals surface area contributed by atoms with E-state index in [-0.39, 0.29) is 23.3 Å². The molecule has 0 heterocycles. The molecule has 0 radical (unpaired) electrons. The molecule has 0 spiro atoms. The van der Waals surface area contributed by atoms with Crippen LogP contribution >= 0.6 is 0 Å². The predicted octanol–water partition coefficient (Wildman–Crippen LogP) is 4.21. The molecule has 0 atom stereocenters. The number of carbonyl (C=O) groups is 2. The number of nitro benzene ring substituents is 2. The topological polar surface area (TPSA) is 139 Å². The Kier molecular flexibility index (Phi) is 7.98. The molecule has 0 aliphatic rings. The maximum absolute atomic E-state index is 12.5. The van der Waals surface area contributed by atoms with Gasteiger partial charge in [-0.2, -0.15) is 0 Å². The van der Waals surface area contributed by atoms with Crippen LogP contribution in [0.2, 0.25) is 0 Å². The molecular weight excluding hydrogens is 396 g/mol. The van der Waals surface area contributed by atoms with Gasteiger partial charge in [-0.25, -0.2) is 9.59 Å². The first-order valence-electron chi connectivity index (χ1n) is 9.19. The summed E-state index contributed by atoms with van der Waals surface area (Å²) in [6.45, 7) is 1.80. The van der Waals surface area contributed by atoms with Crippen molar-refractivity contribution in [1.82, 2.24) is 0 Å². The van der Waals surface area contributed by atoms with Crippen molar-refractivity contribution in [3.63, 3.8) is 0 Å². The number of nitrogens with zero attached hydrogens (tertiary/aromatic N) is 2. The number of ether oxygens (including phenoxy) is 2. The Labute approximate surface area is 171 Å². The second-order valence-corrected chi connectivity index (χ2v) is 6.34. The van der Waals surface area contributed by atoms with E-state index in [4.69, 9.17) is 9.47 Å². The lowest BCUT2D eigenvalue weighted by molar-refractivity contribution is -0.394. The summed E-state index contributed by atoms with van der Waals surface area (Å²) in [5.41, 5.74) is -0.913. The lowest BCUT2D eigenvalue weighted by Gasteiger charge is -2.10. The lowest BCUT2D eigenvalue weighted by Crippen LogP contribution is -2.14. The smallest absolute Gasteiger partial charge is 0.339 e. The van der Waals surface area contributed by atoms with Crippen molar-refractivity contribution in [1.29, 1.82) is 0 Å². The number of rotatable bonds is 10. The van der Waals surface area contributed by atoms with Gasteiger partial charge in [-0.1, -0.05) is 31.9 Å². The third kappa shape index (κ3) is 6.09. The van der Waals surface area contributed by atoms with E-state index >= 15 is 0 Å². The van der Waals surface area contributed by atoms with Crippen LogP contribution in [0.4, 0.5) is 11.4 Å². The molecule has 0 aromatic heterocycles. The molecular formula is C20H20N2O8. The van der Waals surface area contributed by atoms with Gasteiger partial charge in [0.05, 0.1) is 33.6 Å². The summed E-state index contributed by atoms with van der Waals surface area (Å²) in [4.78, 5) is 45.1. The van der Waals surface area contributed by atoms with Crippen LogP contribution in [-0.2, 0) is 16.1 Å². The Bertz CT molecular complexity index is 925. The zero-order chi connectivity index (χ0) is 22.1. The van der Waals surface area contributed by atoms with Crippen molar-refractivity contribution < 1.29 is 28.9 Å². The highest BCUT2D eigenvalue weighted by atomic mass is 16.6. The zero-order valence-electron chi connectivity index (χ0n) is 16.2. The van der Waals surface area contributed by atoms with Gasteiger partial charge in [-0.15, -0.1) is 0 Å². The molecule has 0 unspecified atom stereocenters. The highest BCUT2D eigenvalue weighted by Crippen LogP contribution is 2.23. The molecule has 2 aromatic rings. The van der Waals surface area contributed by atoms with E-state index in [2.05, 4.69) is 0 Å². The SMILES string of the molecule is CCCCCOC(=O)c1ccccc1C(=O)OCc1cc([N+](=O)[O-])cc([N+](=O)[O-])c1. The average molecular weight is 416 g/mol. The maximum Gasteiger partial charge on any atom is 0.339 e. The molecule has 0 amide bonds. The highest BCUT2D eigenvalue weighted by Gasteiger charge is 2.21. The van der Waals surface area contributed by atoms with Gasteiger partial charge in [-0.05, 0) is 18.6 Å². The number of carbonyl (C=O) groups excluding carboxylic acids is 2. The zero-order valence-corrected chi connectivity index (χ0v) is 16.2. The first-order chi connectivity index (χ1) is 14.3. The highest BCUT2D eigenvalue weighted by molar-refractivity contribution is 6.03. The van der Waals surface area contributed by atoms with Gasteiger partial charge >= 0.3 is 11.9 Å². The Morgan fingerprint density at radius 3 is 1.90 bits per heavy atom. The van der Waals surface area contributed by atoms with Crippen LogP contribution < -0.4 is 0 Å². The molecule has 30 heavy (non-hydrogen) atoms. The van der Waals surface area contributed by atoms with Crippen molar-refractivity contribution in [3.05, 3.63) is 79.4 Å². The summed E-state index contributed by atoms with van der Waals surface area (Å²) < 4.78 is 10.3. The van der Waals surface area contributed by atoms with Gasteiger partial charge in [0.2, 0.25) is 0 Å². The number of benzene rings is 2. The van der Waals surface area contributed by atoms with Crippen molar-refractivity contribution in [2.24, 2.45) is 0 Å². The number of nitro groups is 2. The summed E-state index contributed by atoms with van der Waals surface area (Å²) >= 11 is 0. The van der Waals surface area contributed by atoms with Gasteiger partial charge in [0.15, 0.2) is 0 Å². The van der Waals surface area contributed by atoms with E-state index in [1.54, 1.807) is 12.1 Å². The predicted molar refractivity (Wildman–Crippen MR) is 105 cm³/mol. The van der Waals surface area contributed by atoms with Crippen molar-refractivity contribution in [2.45, 2.75) is 32.8 Å². The normalized spacial score (nSPS) is 10.3. The molecule has 0 fully saturated rings. The molecule has 0 saturated heterocycles. The quantitative estimate of drug-likeness (QED) is 0.243. The molecule has 0 saturated carbocycles. The minimum atomic E-state index is -0.856. The van der Waals surface area contributed by atoms with Crippen LogP contribution in [0.25, 0.3) is 0 Å². The average Bonchev–Trinajstić information content (AvgIpc) is 2.74. The molecule has 0 N–H and O–H groups in total. The number of esters is 2. The van der Waals surface area contributed by atoms with E-state index in [1.165, 1.54) is 12.1 Å². The molecule has 158 valence electrons. The molecule has 0 aliphatic carbocycles. The molecule has 0 aliphatic heterocycles. The van der Waals surface area contributed by atoms with Crippen molar-refractivity contribution >= 4 is 23.3 Å². The monoisotopic (exact) mass is 416 g/mol. The Morgan fingerprint density at radius 1 is 0.867 bits per heavy atom. The number of unbranched alkanes of at least 4 members (excludes halogenated alkanes) is 2. The third-order valence-electron chi connectivity index (χ3n) is 4.10. The third-order valence-corrected chi connectivity index (χ3v) is 4.10. The minimum absolute atomic E-state index is 0.0297.